The maximum Gasteiger partial charge on any atom is 0.254 e. The standard InChI is InChI=1S/C20H23ClN2O3.ClH/c1-25-19-11-15(20(24)23-10-2-3-17(22)12-23)6-9-18(19)26-13-14-4-7-16(21)8-5-14;/h4-9,11,17H,2-3,10,12-13,22H2,1H3;1H. The zero-order valence-electron chi connectivity index (χ0n) is 15.2. The second-order valence-corrected chi connectivity index (χ2v) is 6.87. The summed E-state index contributed by atoms with van der Waals surface area (Å²) < 4.78 is 11.2. The molecule has 1 heterocycles. The van der Waals surface area contributed by atoms with Crippen molar-refractivity contribution in [2.24, 2.45) is 5.73 Å². The molecule has 7 heteroatoms. The summed E-state index contributed by atoms with van der Waals surface area (Å²) >= 11 is 5.89. The van der Waals surface area contributed by atoms with Crippen LogP contribution < -0.4 is 15.2 Å². The average molecular weight is 411 g/mol. The summed E-state index contributed by atoms with van der Waals surface area (Å²) in [6, 6.07) is 12.8. The summed E-state index contributed by atoms with van der Waals surface area (Å²) in [7, 11) is 1.57. The number of methoxy groups -OCH3 is 1. The van der Waals surface area contributed by atoms with Crippen LogP contribution in [0.5, 0.6) is 11.5 Å². The van der Waals surface area contributed by atoms with Gasteiger partial charge in [-0.25, -0.2) is 0 Å². The van der Waals surface area contributed by atoms with Gasteiger partial charge in [0.15, 0.2) is 11.5 Å². The van der Waals surface area contributed by atoms with Crippen LogP contribution in [0.25, 0.3) is 0 Å². The highest BCUT2D eigenvalue weighted by Crippen LogP contribution is 2.29. The minimum Gasteiger partial charge on any atom is -0.493 e. The van der Waals surface area contributed by atoms with Gasteiger partial charge in [-0.1, -0.05) is 23.7 Å². The lowest BCUT2D eigenvalue weighted by molar-refractivity contribution is 0.0708. The SMILES string of the molecule is COc1cc(C(=O)N2CCCC(N)C2)ccc1OCc1ccc(Cl)cc1.Cl. The average Bonchev–Trinajstić information content (AvgIpc) is 2.67. The lowest BCUT2D eigenvalue weighted by atomic mass is 10.1. The summed E-state index contributed by atoms with van der Waals surface area (Å²) in [4.78, 5) is 14.5. The minimum atomic E-state index is -0.0253. The van der Waals surface area contributed by atoms with E-state index in [1.165, 1.54) is 0 Å². The number of hydrogen-bond acceptors (Lipinski definition) is 4. The van der Waals surface area contributed by atoms with E-state index in [1.54, 1.807) is 30.2 Å². The number of amides is 1. The molecule has 1 unspecified atom stereocenters. The van der Waals surface area contributed by atoms with E-state index in [4.69, 9.17) is 26.8 Å². The van der Waals surface area contributed by atoms with Gasteiger partial charge in [0.05, 0.1) is 7.11 Å². The molecule has 3 rings (SSSR count). The Balaban J connectivity index is 0.00000261. The molecule has 2 aromatic carbocycles. The summed E-state index contributed by atoms with van der Waals surface area (Å²) in [6.07, 6.45) is 1.90. The predicted octanol–water partition coefficient (Wildman–Crippen LogP) is 3.91. The van der Waals surface area contributed by atoms with E-state index in [-0.39, 0.29) is 24.4 Å². The highest BCUT2D eigenvalue weighted by Gasteiger charge is 2.23. The molecule has 1 aliphatic rings. The number of carbonyl (C=O) groups is 1. The van der Waals surface area contributed by atoms with Crippen molar-refractivity contribution in [3.63, 3.8) is 0 Å². The van der Waals surface area contributed by atoms with Crippen LogP contribution in [0, 0.1) is 0 Å². The molecule has 1 amide bonds. The molecule has 146 valence electrons. The fourth-order valence-electron chi connectivity index (χ4n) is 3.04. The number of likely N-dealkylation sites (tertiary alicyclic amines) is 1. The first-order chi connectivity index (χ1) is 12.6. The third kappa shape index (κ3) is 5.51. The summed E-state index contributed by atoms with van der Waals surface area (Å²) in [5.41, 5.74) is 7.56. The van der Waals surface area contributed by atoms with Gasteiger partial charge in [-0.3, -0.25) is 4.79 Å². The van der Waals surface area contributed by atoms with Crippen LogP contribution in [0.1, 0.15) is 28.8 Å². The molecule has 1 fully saturated rings. The molecule has 0 aliphatic carbocycles. The van der Waals surface area contributed by atoms with E-state index < -0.39 is 0 Å². The van der Waals surface area contributed by atoms with Crippen LogP contribution in [0.3, 0.4) is 0 Å². The topological polar surface area (TPSA) is 64.8 Å². The highest BCUT2D eigenvalue weighted by atomic mass is 35.5. The molecular formula is C20H24Cl2N2O3. The van der Waals surface area contributed by atoms with Crippen molar-refractivity contribution < 1.29 is 14.3 Å². The fraction of sp³-hybridized carbons (Fsp3) is 0.350. The summed E-state index contributed by atoms with van der Waals surface area (Å²) in [6.45, 7) is 1.72. The molecule has 0 saturated carbocycles. The van der Waals surface area contributed by atoms with Gasteiger partial charge >= 0.3 is 0 Å². The molecule has 1 aliphatic heterocycles. The third-order valence-electron chi connectivity index (χ3n) is 4.46. The first kappa shape index (κ1) is 21.4. The second-order valence-electron chi connectivity index (χ2n) is 6.43. The van der Waals surface area contributed by atoms with E-state index in [2.05, 4.69) is 0 Å². The summed E-state index contributed by atoms with van der Waals surface area (Å²) in [5.74, 6) is 1.10. The quantitative estimate of drug-likeness (QED) is 0.810. The van der Waals surface area contributed by atoms with Crippen molar-refractivity contribution in [2.45, 2.75) is 25.5 Å². The van der Waals surface area contributed by atoms with Gasteiger partial charge in [0.1, 0.15) is 6.61 Å². The fourth-order valence-corrected chi connectivity index (χ4v) is 3.16. The molecule has 2 aromatic rings. The Hall–Kier alpha value is -1.95. The van der Waals surface area contributed by atoms with Gasteiger partial charge < -0.3 is 20.1 Å². The highest BCUT2D eigenvalue weighted by molar-refractivity contribution is 6.30. The molecule has 0 radical (unpaired) electrons. The Morgan fingerprint density at radius 2 is 1.96 bits per heavy atom. The van der Waals surface area contributed by atoms with Gasteiger partial charge in [-0.05, 0) is 48.7 Å². The lowest BCUT2D eigenvalue weighted by Crippen LogP contribution is -2.45. The first-order valence-corrected chi connectivity index (χ1v) is 9.05. The largest absolute Gasteiger partial charge is 0.493 e. The smallest absolute Gasteiger partial charge is 0.254 e. The maximum absolute atomic E-state index is 12.7. The van der Waals surface area contributed by atoms with Crippen molar-refractivity contribution in [2.75, 3.05) is 20.2 Å². The normalized spacial score (nSPS) is 16.4. The van der Waals surface area contributed by atoms with Gasteiger partial charge in [-0.15, -0.1) is 12.4 Å². The number of nitrogens with two attached hydrogens (primary N) is 1. The zero-order chi connectivity index (χ0) is 18.5. The number of carbonyl (C=O) groups excluding carboxylic acids is 1. The summed E-state index contributed by atoms with van der Waals surface area (Å²) in [5, 5.41) is 0.687. The number of nitrogens with zero attached hydrogens (tertiary/aromatic N) is 1. The molecule has 0 spiro atoms. The van der Waals surface area contributed by atoms with Crippen molar-refractivity contribution in [3.8, 4) is 11.5 Å². The number of hydrogen-bond donors (Lipinski definition) is 1. The molecule has 2 N–H and O–H groups in total. The molecule has 27 heavy (non-hydrogen) atoms. The van der Waals surface area contributed by atoms with Crippen LogP contribution in [0.4, 0.5) is 0 Å². The molecular weight excluding hydrogens is 387 g/mol. The number of benzene rings is 2. The number of halogens is 2. The Morgan fingerprint density at radius 3 is 2.63 bits per heavy atom. The van der Waals surface area contributed by atoms with Crippen molar-refractivity contribution in [3.05, 3.63) is 58.6 Å². The van der Waals surface area contributed by atoms with Gasteiger partial charge in [0.2, 0.25) is 0 Å². The molecule has 0 bridgehead atoms. The number of ether oxygens (including phenoxy) is 2. The van der Waals surface area contributed by atoms with Crippen LogP contribution >= 0.6 is 24.0 Å². The Labute approximate surface area is 170 Å². The predicted molar refractivity (Wildman–Crippen MR) is 109 cm³/mol. The van der Waals surface area contributed by atoms with E-state index >= 15 is 0 Å². The number of rotatable bonds is 5. The van der Waals surface area contributed by atoms with E-state index in [0.717, 1.165) is 24.9 Å². The van der Waals surface area contributed by atoms with Crippen molar-refractivity contribution >= 4 is 29.9 Å². The van der Waals surface area contributed by atoms with Crippen LogP contribution in [0.2, 0.25) is 5.02 Å². The number of piperidine rings is 1. The molecule has 0 aromatic heterocycles. The third-order valence-corrected chi connectivity index (χ3v) is 4.72. The molecule has 5 nitrogen and oxygen atoms in total. The second kappa shape index (κ2) is 9.83. The Bertz CT molecular complexity index is 768. The van der Waals surface area contributed by atoms with E-state index in [9.17, 15) is 4.79 Å². The first-order valence-electron chi connectivity index (χ1n) is 8.67. The molecule has 1 saturated heterocycles. The van der Waals surface area contributed by atoms with Crippen molar-refractivity contribution in [1.82, 2.24) is 4.90 Å². The minimum absolute atomic E-state index is 0. The van der Waals surface area contributed by atoms with Crippen LogP contribution in [-0.4, -0.2) is 37.0 Å². The van der Waals surface area contributed by atoms with Gasteiger partial charge in [0.25, 0.3) is 5.91 Å². The zero-order valence-corrected chi connectivity index (χ0v) is 16.8. The van der Waals surface area contributed by atoms with E-state index in [0.29, 0.717) is 35.2 Å². The van der Waals surface area contributed by atoms with Crippen LogP contribution in [-0.2, 0) is 6.61 Å². The van der Waals surface area contributed by atoms with Crippen molar-refractivity contribution in [1.29, 1.82) is 0 Å². The van der Waals surface area contributed by atoms with Gasteiger partial charge in [-0.2, -0.15) is 0 Å². The Kier molecular flexibility index (Phi) is 7.78. The maximum atomic E-state index is 12.7. The lowest BCUT2D eigenvalue weighted by Gasteiger charge is -2.31. The van der Waals surface area contributed by atoms with Crippen LogP contribution in [0.15, 0.2) is 42.5 Å². The Morgan fingerprint density at radius 1 is 1.22 bits per heavy atom. The van der Waals surface area contributed by atoms with E-state index in [1.807, 2.05) is 24.3 Å². The monoisotopic (exact) mass is 410 g/mol. The van der Waals surface area contributed by atoms with Gasteiger partial charge in [0, 0.05) is 29.7 Å². The molecule has 1 atom stereocenters.